The van der Waals surface area contributed by atoms with Crippen LogP contribution < -0.4 is 0 Å². The van der Waals surface area contributed by atoms with Gasteiger partial charge in [-0.1, -0.05) is 13.0 Å². The number of rotatable bonds is 1. The number of aliphatic hydroxyl groups is 1. The van der Waals surface area contributed by atoms with Crippen molar-refractivity contribution in [2.45, 2.75) is 26.4 Å². The Balaban J connectivity index is 2.35. The van der Waals surface area contributed by atoms with Crippen LogP contribution in [0.2, 0.25) is 0 Å². The number of nitrogens with one attached hydrogen (secondary N) is 1. The van der Waals surface area contributed by atoms with Crippen LogP contribution in [0.3, 0.4) is 0 Å². The van der Waals surface area contributed by atoms with Gasteiger partial charge in [0.2, 0.25) is 0 Å². The summed E-state index contributed by atoms with van der Waals surface area (Å²) in [5.41, 5.74) is 5.07. The van der Waals surface area contributed by atoms with Gasteiger partial charge in [-0.2, -0.15) is 0 Å². The van der Waals surface area contributed by atoms with Crippen LogP contribution in [-0.4, -0.2) is 10.1 Å². The highest BCUT2D eigenvalue weighted by molar-refractivity contribution is 5.88. The van der Waals surface area contributed by atoms with Crippen LogP contribution in [0.15, 0.2) is 18.3 Å². The van der Waals surface area contributed by atoms with Crippen molar-refractivity contribution in [2.75, 3.05) is 0 Å². The van der Waals surface area contributed by atoms with Crippen molar-refractivity contribution >= 4 is 10.9 Å². The first-order valence-corrected chi connectivity index (χ1v) is 5.51. The minimum absolute atomic E-state index is 0.155. The Labute approximate surface area is 88.9 Å². The normalized spacial score (nSPS) is 19.7. The van der Waals surface area contributed by atoms with Crippen molar-refractivity contribution in [2.24, 2.45) is 5.92 Å². The molecule has 1 aromatic carbocycles. The highest BCUT2D eigenvalue weighted by Crippen LogP contribution is 2.34. The summed E-state index contributed by atoms with van der Waals surface area (Å²) in [6.45, 7) is 2.43. The number of benzene rings is 1. The molecule has 2 nitrogen and oxygen atoms in total. The summed E-state index contributed by atoms with van der Waals surface area (Å²) in [6, 6.07) is 4.11. The van der Waals surface area contributed by atoms with Crippen molar-refractivity contribution in [3.05, 3.63) is 35.0 Å². The van der Waals surface area contributed by atoms with Crippen LogP contribution >= 0.6 is 0 Å². The number of aromatic amines is 1. The molecule has 1 unspecified atom stereocenters. The van der Waals surface area contributed by atoms with E-state index in [1.807, 2.05) is 6.07 Å². The Hall–Kier alpha value is -1.28. The first-order valence-electron chi connectivity index (χ1n) is 5.51. The molecule has 0 saturated heterocycles. The third kappa shape index (κ3) is 1.21. The molecule has 1 aromatic heterocycles. The Kier molecular flexibility index (Phi) is 1.86. The van der Waals surface area contributed by atoms with Gasteiger partial charge in [0, 0.05) is 17.1 Å². The first kappa shape index (κ1) is 8.98. The van der Waals surface area contributed by atoms with Crippen LogP contribution in [0.4, 0.5) is 0 Å². The average Bonchev–Trinajstić information content (AvgIpc) is 2.63. The molecule has 0 bridgehead atoms. The lowest BCUT2D eigenvalue weighted by Gasteiger charge is -2.21. The molecule has 2 aromatic rings. The molecular formula is C13H15NO. The average molecular weight is 201 g/mol. The van der Waals surface area contributed by atoms with Gasteiger partial charge in [0.25, 0.3) is 0 Å². The monoisotopic (exact) mass is 201 g/mol. The van der Waals surface area contributed by atoms with Gasteiger partial charge in [-0.15, -0.1) is 0 Å². The van der Waals surface area contributed by atoms with Crippen molar-refractivity contribution in [3.8, 4) is 0 Å². The fraction of sp³-hybridized carbons (Fsp3) is 0.385. The summed E-state index contributed by atoms with van der Waals surface area (Å²) >= 11 is 0. The molecule has 78 valence electrons. The van der Waals surface area contributed by atoms with Crippen LogP contribution in [0.1, 0.15) is 23.6 Å². The van der Waals surface area contributed by atoms with E-state index in [9.17, 15) is 5.11 Å². The van der Waals surface area contributed by atoms with E-state index in [-0.39, 0.29) is 6.61 Å². The minimum atomic E-state index is 0.155. The molecule has 2 N–H and O–H groups in total. The van der Waals surface area contributed by atoms with Crippen LogP contribution in [-0.2, 0) is 19.4 Å². The molecule has 0 radical (unpaired) electrons. The largest absolute Gasteiger partial charge is 0.392 e. The molecule has 0 aliphatic heterocycles. The topological polar surface area (TPSA) is 36.0 Å². The molecule has 0 spiro atoms. The van der Waals surface area contributed by atoms with Gasteiger partial charge >= 0.3 is 0 Å². The van der Waals surface area contributed by atoms with Crippen LogP contribution in [0.25, 0.3) is 10.9 Å². The van der Waals surface area contributed by atoms with Crippen molar-refractivity contribution in [3.63, 3.8) is 0 Å². The molecule has 2 heteroatoms. The zero-order valence-electron chi connectivity index (χ0n) is 8.88. The molecule has 15 heavy (non-hydrogen) atoms. The summed E-state index contributed by atoms with van der Waals surface area (Å²) < 4.78 is 0. The second-order valence-corrected chi connectivity index (χ2v) is 4.61. The number of aromatic nitrogens is 1. The summed E-state index contributed by atoms with van der Waals surface area (Å²) in [7, 11) is 0. The second-order valence-electron chi connectivity index (χ2n) is 4.61. The summed E-state index contributed by atoms with van der Waals surface area (Å²) in [6.07, 6.45) is 4.37. The number of hydrogen-bond donors (Lipinski definition) is 2. The van der Waals surface area contributed by atoms with E-state index in [4.69, 9.17) is 0 Å². The van der Waals surface area contributed by atoms with Crippen molar-refractivity contribution < 1.29 is 5.11 Å². The molecule has 1 atom stereocenters. The molecule has 3 rings (SSSR count). The Morgan fingerprint density at radius 2 is 2.27 bits per heavy atom. The Bertz CT molecular complexity index is 512. The predicted octanol–water partition coefficient (Wildman–Crippen LogP) is 2.39. The molecule has 0 amide bonds. The maximum Gasteiger partial charge on any atom is 0.0684 e. The molecule has 1 aliphatic rings. The highest BCUT2D eigenvalue weighted by Gasteiger charge is 2.20. The quantitative estimate of drug-likeness (QED) is 0.730. The summed E-state index contributed by atoms with van der Waals surface area (Å²) in [4.78, 5) is 3.31. The molecule has 0 saturated carbocycles. The highest BCUT2D eigenvalue weighted by atomic mass is 16.3. The van der Waals surface area contributed by atoms with E-state index in [2.05, 4.69) is 24.2 Å². The molecule has 0 fully saturated rings. The van der Waals surface area contributed by atoms with E-state index >= 15 is 0 Å². The molecule has 1 aliphatic carbocycles. The van der Waals surface area contributed by atoms with Crippen LogP contribution in [0, 0.1) is 5.92 Å². The van der Waals surface area contributed by atoms with Crippen LogP contribution in [0.5, 0.6) is 0 Å². The Morgan fingerprint density at radius 1 is 1.40 bits per heavy atom. The zero-order valence-corrected chi connectivity index (χ0v) is 8.88. The standard InChI is InChI=1S/C13H15NO/c1-8-4-10-6-14-12-3-2-9(7-15)11(5-8)13(10)12/h2-3,6,8,14-15H,4-5,7H2,1H3. The number of aliphatic hydroxyl groups excluding tert-OH is 1. The van der Waals surface area contributed by atoms with E-state index in [1.54, 1.807) is 0 Å². The third-order valence-electron chi connectivity index (χ3n) is 3.42. The fourth-order valence-electron chi connectivity index (χ4n) is 2.75. The van der Waals surface area contributed by atoms with E-state index < -0.39 is 0 Å². The molecule has 1 heterocycles. The predicted molar refractivity (Wildman–Crippen MR) is 60.8 cm³/mol. The van der Waals surface area contributed by atoms with E-state index in [0.717, 1.165) is 18.4 Å². The summed E-state index contributed by atoms with van der Waals surface area (Å²) in [5, 5.41) is 10.7. The number of hydrogen-bond acceptors (Lipinski definition) is 1. The van der Waals surface area contributed by atoms with Gasteiger partial charge in [0.1, 0.15) is 0 Å². The van der Waals surface area contributed by atoms with Gasteiger partial charge in [-0.25, -0.2) is 0 Å². The Morgan fingerprint density at radius 3 is 3.07 bits per heavy atom. The van der Waals surface area contributed by atoms with Crippen molar-refractivity contribution in [1.29, 1.82) is 0 Å². The SMILES string of the molecule is CC1Cc2c[nH]c3ccc(CO)c(c23)C1. The maximum absolute atomic E-state index is 9.34. The minimum Gasteiger partial charge on any atom is -0.392 e. The zero-order chi connectivity index (χ0) is 10.4. The summed E-state index contributed by atoms with van der Waals surface area (Å²) in [5.74, 6) is 0.684. The smallest absolute Gasteiger partial charge is 0.0684 e. The lowest BCUT2D eigenvalue weighted by molar-refractivity contribution is 0.280. The van der Waals surface area contributed by atoms with Gasteiger partial charge < -0.3 is 10.1 Å². The van der Waals surface area contributed by atoms with E-state index in [0.29, 0.717) is 5.92 Å². The lowest BCUT2D eigenvalue weighted by atomic mass is 9.84. The number of H-pyrrole nitrogens is 1. The van der Waals surface area contributed by atoms with Gasteiger partial charge in [0.15, 0.2) is 0 Å². The fourth-order valence-corrected chi connectivity index (χ4v) is 2.75. The van der Waals surface area contributed by atoms with Crippen molar-refractivity contribution in [1.82, 2.24) is 4.98 Å². The van der Waals surface area contributed by atoms with Gasteiger partial charge in [0.05, 0.1) is 6.61 Å². The third-order valence-corrected chi connectivity index (χ3v) is 3.42. The second kappa shape index (κ2) is 3.11. The lowest BCUT2D eigenvalue weighted by Crippen LogP contribution is -2.11. The van der Waals surface area contributed by atoms with E-state index in [1.165, 1.54) is 22.0 Å². The first-order chi connectivity index (χ1) is 7.29. The van der Waals surface area contributed by atoms with Gasteiger partial charge in [-0.05, 0) is 41.5 Å². The molecular weight excluding hydrogens is 186 g/mol. The van der Waals surface area contributed by atoms with Gasteiger partial charge in [-0.3, -0.25) is 0 Å². The maximum atomic E-state index is 9.34.